The lowest BCUT2D eigenvalue weighted by atomic mass is 10.0. The highest BCUT2D eigenvalue weighted by molar-refractivity contribution is 7.86. The van der Waals surface area contributed by atoms with Gasteiger partial charge in [0.15, 0.2) is 0 Å². The molecule has 0 radical (unpaired) electrons. The first kappa shape index (κ1) is 13.5. The van der Waals surface area contributed by atoms with Gasteiger partial charge in [-0.15, -0.1) is 6.42 Å². The van der Waals surface area contributed by atoms with Gasteiger partial charge >= 0.3 is 0 Å². The van der Waals surface area contributed by atoms with Crippen molar-refractivity contribution in [3.63, 3.8) is 0 Å². The molecule has 0 amide bonds. The quantitative estimate of drug-likeness (QED) is 0.677. The highest BCUT2D eigenvalue weighted by Gasteiger charge is 2.30. The summed E-state index contributed by atoms with van der Waals surface area (Å²) in [6.45, 7) is 1.71. The SMILES string of the molecule is C#CCN(C)S(=O)(=O)N1CCCC(CN)C1. The number of hydrogen-bond acceptors (Lipinski definition) is 3. The first-order chi connectivity index (χ1) is 7.52. The lowest BCUT2D eigenvalue weighted by molar-refractivity contribution is 0.258. The summed E-state index contributed by atoms with van der Waals surface area (Å²) in [6.07, 6.45) is 6.98. The lowest BCUT2D eigenvalue weighted by Gasteiger charge is -2.33. The van der Waals surface area contributed by atoms with E-state index < -0.39 is 10.2 Å². The number of nitrogens with two attached hydrogens (primary N) is 1. The van der Waals surface area contributed by atoms with Gasteiger partial charge in [-0.1, -0.05) is 5.92 Å². The van der Waals surface area contributed by atoms with Crippen LogP contribution in [0, 0.1) is 18.3 Å². The third kappa shape index (κ3) is 2.95. The molecule has 0 spiro atoms. The molecule has 1 rings (SSSR count). The van der Waals surface area contributed by atoms with Gasteiger partial charge in [0, 0.05) is 20.1 Å². The van der Waals surface area contributed by atoms with Crippen molar-refractivity contribution in [3.05, 3.63) is 0 Å². The highest BCUT2D eigenvalue weighted by atomic mass is 32.2. The monoisotopic (exact) mass is 245 g/mol. The molecule has 1 unspecified atom stereocenters. The van der Waals surface area contributed by atoms with E-state index >= 15 is 0 Å². The van der Waals surface area contributed by atoms with Gasteiger partial charge in [0.2, 0.25) is 0 Å². The van der Waals surface area contributed by atoms with Crippen LogP contribution in [0.4, 0.5) is 0 Å². The van der Waals surface area contributed by atoms with Crippen molar-refractivity contribution in [2.24, 2.45) is 11.7 Å². The van der Waals surface area contributed by atoms with Gasteiger partial charge in [0.1, 0.15) is 0 Å². The second-order valence-electron chi connectivity index (χ2n) is 4.07. The fourth-order valence-corrected chi connectivity index (χ4v) is 3.23. The lowest BCUT2D eigenvalue weighted by Crippen LogP contribution is -2.47. The van der Waals surface area contributed by atoms with E-state index in [9.17, 15) is 8.42 Å². The zero-order valence-corrected chi connectivity index (χ0v) is 10.4. The van der Waals surface area contributed by atoms with Crippen LogP contribution >= 0.6 is 0 Å². The van der Waals surface area contributed by atoms with E-state index in [1.807, 2.05) is 0 Å². The molecule has 1 fully saturated rings. The largest absolute Gasteiger partial charge is 0.330 e. The van der Waals surface area contributed by atoms with E-state index in [4.69, 9.17) is 12.2 Å². The maximum Gasteiger partial charge on any atom is 0.282 e. The predicted molar refractivity (Wildman–Crippen MR) is 63.7 cm³/mol. The summed E-state index contributed by atoms with van der Waals surface area (Å²) in [4.78, 5) is 0. The average Bonchev–Trinajstić information content (AvgIpc) is 2.29. The van der Waals surface area contributed by atoms with Gasteiger partial charge in [-0.3, -0.25) is 0 Å². The Morgan fingerprint density at radius 2 is 2.31 bits per heavy atom. The molecule has 0 saturated carbocycles. The molecule has 16 heavy (non-hydrogen) atoms. The van der Waals surface area contributed by atoms with Crippen molar-refractivity contribution >= 4 is 10.2 Å². The summed E-state index contributed by atoms with van der Waals surface area (Å²) in [5.74, 6) is 2.60. The zero-order valence-electron chi connectivity index (χ0n) is 9.59. The van der Waals surface area contributed by atoms with Gasteiger partial charge in [-0.05, 0) is 25.3 Å². The molecular weight excluding hydrogens is 226 g/mol. The first-order valence-electron chi connectivity index (χ1n) is 5.37. The summed E-state index contributed by atoms with van der Waals surface area (Å²) in [7, 11) is -1.90. The molecule has 1 heterocycles. The Morgan fingerprint density at radius 1 is 1.62 bits per heavy atom. The molecule has 0 bridgehead atoms. The van der Waals surface area contributed by atoms with Crippen LogP contribution in [0.2, 0.25) is 0 Å². The Hall–Kier alpha value is -0.610. The van der Waals surface area contributed by atoms with E-state index in [1.165, 1.54) is 15.7 Å². The van der Waals surface area contributed by atoms with E-state index in [2.05, 4.69) is 5.92 Å². The standard InChI is InChI=1S/C10H19N3O2S/c1-3-6-12(2)16(14,15)13-7-4-5-10(8-11)9-13/h1,10H,4-9,11H2,2H3. The van der Waals surface area contributed by atoms with Gasteiger partial charge in [0.25, 0.3) is 10.2 Å². The number of terminal acetylenes is 1. The molecule has 92 valence electrons. The van der Waals surface area contributed by atoms with E-state index in [1.54, 1.807) is 0 Å². The van der Waals surface area contributed by atoms with Crippen molar-refractivity contribution < 1.29 is 8.42 Å². The van der Waals surface area contributed by atoms with Crippen LogP contribution in [-0.4, -0.2) is 50.3 Å². The summed E-state index contributed by atoms with van der Waals surface area (Å²) in [6, 6.07) is 0. The van der Waals surface area contributed by atoms with Crippen molar-refractivity contribution in [3.8, 4) is 12.3 Å². The summed E-state index contributed by atoms with van der Waals surface area (Å²) in [5, 5.41) is 0. The minimum atomic E-state index is -3.40. The normalized spacial score (nSPS) is 23.2. The Kier molecular flexibility index (Phi) is 4.74. The Labute approximate surface area is 97.8 Å². The van der Waals surface area contributed by atoms with Gasteiger partial charge < -0.3 is 5.73 Å². The average molecular weight is 245 g/mol. The van der Waals surface area contributed by atoms with Gasteiger partial charge in [0.05, 0.1) is 6.54 Å². The molecule has 1 aliphatic heterocycles. The number of piperidine rings is 1. The fourth-order valence-electron chi connectivity index (χ4n) is 1.84. The van der Waals surface area contributed by atoms with Crippen LogP contribution in [0.3, 0.4) is 0 Å². The number of rotatable bonds is 4. The van der Waals surface area contributed by atoms with Crippen molar-refractivity contribution in [2.45, 2.75) is 12.8 Å². The second kappa shape index (κ2) is 5.64. The van der Waals surface area contributed by atoms with Crippen molar-refractivity contribution in [1.82, 2.24) is 8.61 Å². The number of nitrogens with zero attached hydrogens (tertiary/aromatic N) is 2. The molecule has 1 atom stereocenters. The van der Waals surface area contributed by atoms with Gasteiger partial charge in [-0.25, -0.2) is 0 Å². The molecule has 0 aromatic heterocycles. The smallest absolute Gasteiger partial charge is 0.282 e. The molecule has 0 aromatic carbocycles. The van der Waals surface area contributed by atoms with Crippen molar-refractivity contribution in [2.75, 3.05) is 33.2 Å². The second-order valence-corrected chi connectivity index (χ2v) is 6.11. The molecule has 0 aromatic rings. The first-order valence-corrected chi connectivity index (χ1v) is 6.77. The predicted octanol–water partition coefficient (Wildman–Crippen LogP) is -0.533. The fraction of sp³-hybridized carbons (Fsp3) is 0.800. The van der Waals surface area contributed by atoms with Crippen LogP contribution in [0.5, 0.6) is 0 Å². The van der Waals surface area contributed by atoms with Crippen LogP contribution in [0.1, 0.15) is 12.8 Å². The Bertz CT molecular complexity index is 361. The van der Waals surface area contributed by atoms with E-state index in [0.717, 1.165) is 12.8 Å². The topological polar surface area (TPSA) is 66.6 Å². The van der Waals surface area contributed by atoms with E-state index in [-0.39, 0.29) is 12.5 Å². The maximum absolute atomic E-state index is 12.1. The molecule has 1 saturated heterocycles. The minimum absolute atomic E-state index is 0.103. The molecule has 1 aliphatic rings. The summed E-state index contributed by atoms with van der Waals surface area (Å²) in [5.41, 5.74) is 5.58. The van der Waals surface area contributed by atoms with E-state index in [0.29, 0.717) is 19.6 Å². The van der Waals surface area contributed by atoms with Crippen LogP contribution in [-0.2, 0) is 10.2 Å². The Balaban J connectivity index is 2.72. The Morgan fingerprint density at radius 3 is 2.88 bits per heavy atom. The van der Waals surface area contributed by atoms with Crippen LogP contribution in [0.15, 0.2) is 0 Å². The molecule has 6 heteroatoms. The maximum atomic E-state index is 12.1. The minimum Gasteiger partial charge on any atom is -0.330 e. The molecule has 5 nitrogen and oxygen atoms in total. The molecule has 0 aliphatic carbocycles. The molecular formula is C10H19N3O2S. The van der Waals surface area contributed by atoms with Crippen LogP contribution < -0.4 is 5.73 Å². The van der Waals surface area contributed by atoms with Crippen molar-refractivity contribution in [1.29, 1.82) is 0 Å². The summed E-state index contributed by atoms with van der Waals surface area (Å²) < 4.78 is 26.8. The number of hydrogen-bond donors (Lipinski definition) is 1. The zero-order chi connectivity index (χ0) is 12.2. The highest BCUT2D eigenvalue weighted by Crippen LogP contribution is 2.19. The molecule has 2 N–H and O–H groups in total. The third-order valence-electron chi connectivity index (χ3n) is 2.85. The third-order valence-corrected chi connectivity index (χ3v) is 4.75. The van der Waals surface area contributed by atoms with Crippen LogP contribution in [0.25, 0.3) is 0 Å². The van der Waals surface area contributed by atoms with Gasteiger partial charge in [-0.2, -0.15) is 17.0 Å². The summed E-state index contributed by atoms with van der Waals surface area (Å²) >= 11 is 0.